The van der Waals surface area contributed by atoms with Crippen molar-refractivity contribution in [3.05, 3.63) is 33.8 Å². The molecule has 3 heteroatoms. The molecule has 0 saturated heterocycles. The van der Waals surface area contributed by atoms with Crippen molar-refractivity contribution in [3.8, 4) is 0 Å². The molecule has 0 aromatic heterocycles. The summed E-state index contributed by atoms with van der Waals surface area (Å²) >= 11 is 12.4. The van der Waals surface area contributed by atoms with Crippen LogP contribution >= 0.6 is 23.2 Å². The van der Waals surface area contributed by atoms with Crippen molar-refractivity contribution in [1.82, 2.24) is 0 Å². The fourth-order valence-corrected chi connectivity index (χ4v) is 3.47. The molecule has 0 atom stereocenters. The molecular formula is C15H21Cl2N. The van der Waals surface area contributed by atoms with Gasteiger partial charge in [-0.3, -0.25) is 0 Å². The fourth-order valence-electron chi connectivity index (χ4n) is 2.98. The second-order valence-corrected chi connectivity index (χ2v) is 6.62. The van der Waals surface area contributed by atoms with Gasteiger partial charge in [0.1, 0.15) is 0 Å². The van der Waals surface area contributed by atoms with E-state index in [1.807, 2.05) is 18.2 Å². The average molecular weight is 286 g/mol. The summed E-state index contributed by atoms with van der Waals surface area (Å²) < 4.78 is 0. The van der Waals surface area contributed by atoms with Gasteiger partial charge in [-0.1, -0.05) is 49.2 Å². The van der Waals surface area contributed by atoms with Gasteiger partial charge in [-0.05, 0) is 49.1 Å². The van der Waals surface area contributed by atoms with Gasteiger partial charge in [0.15, 0.2) is 0 Å². The zero-order valence-corrected chi connectivity index (χ0v) is 12.6. The zero-order chi connectivity index (χ0) is 13.3. The number of nitrogens with two attached hydrogens (primary N) is 1. The van der Waals surface area contributed by atoms with Crippen LogP contribution in [0.1, 0.15) is 45.1 Å². The van der Waals surface area contributed by atoms with Gasteiger partial charge in [-0.2, -0.15) is 0 Å². The molecule has 1 saturated carbocycles. The molecule has 1 fully saturated rings. The molecule has 1 aliphatic rings. The van der Waals surface area contributed by atoms with Crippen molar-refractivity contribution in [2.75, 3.05) is 0 Å². The fraction of sp³-hybridized carbons (Fsp3) is 0.600. The molecule has 0 bridgehead atoms. The summed E-state index contributed by atoms with van der Waals surface area (Å²) in [6.07, 6.45) is 4.35. The maximum absolute atomic E-state index is 6.57. The van der Waals surface area contributed by atoms with E-state index in [1.54, 1.807) is 0 Å². The van der Waals surface area contributed by atoms with Crippen molar-refractivity contribution in [2.24, 2.45) is 17.6 Å². The predicted molar refractivity (Wildman–Crippen MR) is 79.1 cm³/mol. The molecule has 18 heavy (non-hydrogen) atoms. The summed E-state index contributed by atoms with van der Waals surface area (Å²) in [5.41, 5.74) is 7.28. The van der Waals surface area contributed by atoms with Crippen molar-refractivity contribution >= 4 is 23.2 Å². The first-order valence-corrected chi connectivity index (χ1v) is 7.43. The summed E-state index contributed by atoms with van der Waals surface area (Å²) in [7, 11) is 0. The lowest BCUT2D eigenvalue weighted by Gasteiger charge is -2.39. The molecule has 2 rings (SSSR count). The summed E-state index contributed by atoms with van der Waals surface area (Å²) in [6, 6.07) is 5.77. The number of hydrogen-bond acceptors (Lipinski definition) is 1. The molecule has 0 heterocycles. The highest BCUT2D eigenvalue weighted by molar-refractivity contribution is 6.42. The monoisotopic (exact) mass is 285 g/mol. The summed E-state index contributed by atoms with van der Waals surface area (Å²) in [5.74, 6) is 1.53. The lowest BCUT2D eigenvalue weighted by Crippen LogP contribution is -2.41. The Bertz CT molecular complexity index is 421. The Morgan fingerprint density at radius 2 is 1.83 bits per heavy atom. The van der Waals surface area contributed by atoms with Crippen molar-refractivity contribution in [3.63, 3.8) is 0 Å². The molecule has 0 unspecified atom stereocenters. The highest BCUT2D eigenvalue weighted by atomic mass is 35.5. The summed E-state index contributed by atoms with van der Waals surface area (Å²) in [5, 5.41) is 1.23. The van der Waals surface area contributed by atoms with E-state index in [9.17, 15) is 0 Å². The average Bonchev–Trinajstić information content (AvgIpc) is 2.33. The number of rotatable bonds is 2. The molecule has 1 aliphatic carbocycles. The second-order valence-electron chi connectivity index (χ2n) is 5.84. The van der Waals surface area contributed by atoms with Crippen LogP contribution < -0.4 is 5.73 Å². The van der Waals surface area contributed by atoms with Gasteiger partial charge in [-0.15, -0.1) is 0 Å². The van der Waals surface area contributed by atoms with Gasteiger partial charge in [0.25, 0.3) is 0 Å². The van der Waals surface area contributed by atoms with Crippen LogP contribution in [0.4, 0.5) is 0 Å². The maximum atomic E-state index is 6.57. The maximum Gasteiger partial charge on any atom is 0.0642 e. The number of benzene rings is 1. The summed E-state index contributed by atoms with van der Waals surface area (Å²) in [4.78, 5) is 0. The SMILES string of the molecule is CC(C)C1CCC(N)(c2cccc(Cl)c2Cl)CC1. The molecule has 1 nitrogen and oxygen atoms in total. The van der Waals surface area contributed by atoms with Crippen molar-refractivity contribution < 1.29 is 0 Å². The van der Waals surface area contributed by atoms with E-state index in [0.29, 0.717) is 10.0 Å². The predicted octanol–water partition coefficient (Wildman–Crippen LogP) is 4.99. The van der Waals surface area contributed by atoms with Crippen LogP contribution in [0, 0.1) is 11.8 Å². The number of halogens is 2. The van der Waals surface area contributed by atoms with Gasteiger partial charge >= 0.3 is 0 Å². The van der Waals surface area contributed by atoms with Gasteiger partial charge < -0.3 is 5.73 Å². The van der Waals surface area contributed by atoms with Crippen LogP contribution in [0.25, 0.3) is 0 Å². The van der Waals surface area contributed by atoms with Gasteiger partial charge in [0.2, 0.25) is 0 Å². The molecule has 1 aromatic carbocycles. The van der Waals surface area contributed by atoms with Crippen LogP contribution in [-0.2, 0) is 5.54 Å². The van der Waals surface area contributed by atoms with E-state index in [4.69, 9.17) is 28.9 Å². The standard InChI is InChI=1S/C15H21Cl2N/c1-10(2)11-6-8-15(18,9-7-11)12-4-3-5-13(16)14(12)17/h3-5,10-11H,6-9,18H2,1-2H3. The Kier molecular flexibility index (Phi) is 4.25. The first-order valence-electron chi connectivity index (χ1n) is 6.67. The molecule has 0 radical (unpaired) electrons. The molecule has 1 aromatic rings. The Hall–Kier alpha value is -0.240. The third-order valence-electron chi connectivity index (χ3n) is 4.35. The van der Waals surface area contributed by atoms with Crippen LogP contribution in [0.2, 0.25) is 10.0 Å². The van der Waals surface area contributed by atoms with Crippen LogP contribution in [0.3, 0.4) is 0 Å². The zero-order valence-electron chi connectivity index (χ0n) is 11.0. The summed E-state index contributed by atoms with van der Waals surface area (Å²) in [6.45, 7) is 4.58. The molecular weight excluding hydrogens is 265 g/mol. The van der Waals surface area contributed by atoms with E-state index in [2.05, 4.69) is 13.8 Å². The van der Waals surface area contributed by atoms with E-state index in [-0.39, 0.29) is 5.54 Å². The molecule has 0 amide bonds. The lowest BCUT2D eigenvalue weighted by molar-refractivity contribution is 0.196. The Morgan fingerprint density at radius 3 is 2.39 bits per heavy atom. The lowest BCUT2D eigenvalue weighted by atomic mass is 9.70. The van der Waals surface area contributed by atoms with Gasteiger partial charge in [0, 0.05) is 5.54 Å². The Labute approximate surface area is 120 Å². The van der Waals surface area contributed by atoms with Crippen LogP contribution in [0.15, 0.2) is 18.2 Å². The molecule has 100 valence electrons. The van der Waals surface area contributed by atoms with Gasteiger partial charge in [0.05, 0.1) is 10.0 Å². The molecule has 2 N–H and O–H groups in total. The highest BCUT2D eigenvalue weighted by Gasteiger charge is 2.35. The largest absolute Gasteiger partial charge is 0.321 e. The minimum absolute atomic E-state index is 0.298. The Morgan fingerprint density at radius 1 is 1.22 bits per heavy atom. The first kappa shape index (κ1) is 14.2. The van der Waals surface area contributed by atoms with Crippen LogP contribution in [0.5, 0.6) is 0 Å². The van der Waals surface area contributed by atoms with E-state index < -0.39 is 0 Å². The molecule has 0 spiro atoms. The minimum atomic E-state index is -0.298. The van der Waals surface area contributed by atoms with E-state index in [0.717, 1.165) is 30.2 Å². The van der Waals surface area contributed by atoms with E-state index in [1.165, 1.54) is 12.8 Å². The molecule has 0 aliphatic heterocycles. The topological polar surface area (TPSA) is 26.0 Å². The second kappa shape index (κ2) is 5.40. The van der Waals surface area contributed by atoms with Crippen molar-refractivity contribution in [1.29, 1.82) is 0 Å². The van der Waals surface area contributed by atoms with Crippen molar-refractivity contribution in [2.45, 2.75) is 45.1 Å². The smallest absolute Gasteiger partial charge is 0.0642 e. The number of hydrogen-bond donors (Lipinski definition) is 1. The third kappa shape index (κ3) is 2.68. The van der Waals surface area contributed by atoms with Crippen LogP contribution in [-0.4, -0.2) is 0 Å². The minimum Gasteiger partial charge on any atom is -0.321 e. The highest BCUT2D eigenvalue weighted by Crippen LogP contribution is 2.43. The van der Waals surface area contributed by atoms with Gasteiger partial charge in [-0.25, -0.2) is 0 Å². The quantitative estimate of drug-likeness (QED) is 0.814. The first-order chi connectivity index (χ1) is 8.44. The Balaban J connectivity index is 2.21. The normalized spacial score (nSPS) is 28.7. The van der Waals surface area contributed by atoms with E-state index >= 15 is 0 Å². The third-order valence-corrected chi connectivity index (χ3v) is 5.17.